The molecule has 0 spiro atoms. The predicted molar refractivity (Wildman–Crippen MR) is 40.2 cm³/mol. The molecule has 1 aromatic heterocycles. The zero-order valence-electron chi connectivity index (χ0n) is 5.81. The minimum Gasteiger partial charge on any atom is -0.288 e. The van der Waals surface area contributed by atoms with Crippen LogP contribution in [-0.4, -0.2) is 14.8 Å². The Balaban J connectivity index is 2.46. The first-order chi connectivity index (χ1) is 5.47. The van der Waals surface area contributed by atoms with E-state index in [1.165, 1.54) is 0 Å². The van der Waals surface area contributed by atoms with Crippen LogP contribution >= 0.6 is 0 Å². The third-order valence-electron chi connectivity index (χ3n) is 1.39. The van der Waals surface area contributed by atoms with Crippen LogP contribution in [0, 0.1) is 6.07 Å². The average molecular weight is 144 g/mol. The highest BCUT2D eigenvalue weighted by atomic mass is 15.2. The number of hydrogen-bond donors (Lipinski definition) is 0. The molecule has 0 atom stereocenters. The van der Waals surface area contributed by atoms with Crippen molar-refractivity contribution >= 4 is 0 Å². The van der Waals surface area contributed by atoms with Gasteiger partial charge in [0, 0.05) is 6.07 Å². The summed E-state index contributed by atoms with van der Waals surface area (Å²) in [4.78, 5) is 0. The van der Waals surface area contributed by atoms with E-state index in [1.54, 1.807) is 17.2 Å². The van der Waals surface area contributed by atoms with E-state index in [-0.39, 0.29) is 0 Å². The molecule has 3 heteroatoms. The second-order valence-electron chi connectivity index (χ2n) is 2.12. The average Bonchev–Trinajstić information content (AvgIpc) is 2.58. The van der Waals surface area contributed by atoms with E-state index >= 15 is 0 Å². The van der Waals surface area contributed by atoms with Crippen LogP contribution in [0.15, 0.2) is 36.9 Å². The molecule has 0 aliphatic carbocycles. The van der Waals surface area contributed by atoms with Gasteiger partial charge in [0.1, 0.15) is 12.7 Å². The summed E-state index contributed by atoms with van der Waals surface area (Å²) in [6, 6.07) is 10.7. The largest absolute Gasteiger partial charge is 0.288 e. The third kappa shape index (κ3) is 1.12. The number of hydrogen-bond acceptors (Lipinski definition) is 2. The van der Waals surface area contributed by atoms with Crippen LogP contribution in [0.3, 0.4) is 0 Å². The first-order valence-corrected chi connectivity index (χ1v) is 3.28. The summed E-state index contributed by atoms with van der Waals surface area (Å²) in [5.74, 6) is 0. The molecule has 0 unspecified atom stereocenters. The molecule has 0 saturated heterocycles. The Kier molecular flexibility index (Phi) is 1.41. The molecule has 53 valence electrons. The van der Waals surface area contributed by atoms with Crippen molar-refractivity contribution in [3.63, 3.8) is 0 Å². The Labute approximate surface area is 64.3 Å². The van der Waals surface area contributed by atoms with Crippen molar-refractivity contribution in [3.05, 3.63) is 43.0 Å². The minimum atomic E-state index is 0.956. The van der Waals surface area contributed by atoms with Crippen molar-refractivity contribution in [2.45, 2.75) is 0 Å². The van der Waals surface area contributed by atoms with E-state index in [0.29, 0.717) is 0 Å². The Morgan fingerprint density at radius 1 is 1.18 bits per heavy atom. The SMILES string of the molecule is [c]1ccccc1-n1cnnc1. The van der Waals surface area contributed by atoms with Gasteiger partial charge < -0.3 is 0 Å². The third-order valence-corrected chi connectivity index (χ3v) is 1.39. The monoisotopic (exact) mass is 144 g/mol. The smallest absolute Gasteiger partial charge is 0.123 e. The van der Waals surface area contributed by atoms with Crippen molar-refractivity contribution in [1.82, 2.24) is 14.8 Å². The number of rotatable bonds is 1. The summed E-state index contributed by atoms with van der Waals surface area (Å²) < 4.78 is 1.81. The number of nitrogens with zero attached hydrogens (tertiary/aromatic N) is 3. The highest BCUT2D eigenvalue weighted by Crippen LogP contribution is 2.02. The van der Waals surface area contributed by atoms with Crippen molar-refractivity contribution in [2.75, 3.05) is 0 Å². The number of aromatic nitrogens is 3. The Bertz CT molecular complexity index is 312. The van der Waals surface area contributed by atoms with E-state index in [2.05, 4.69) is 16.3 Å². The van der Waals surface area contributed by atoms with Gasteiger partial charge in [0.2, 0.25) is 0 Å². The molecule has 0 amide bonds. The van der Waals surface area contributed by atoms with E-state index < -0.39 is 0 Å². The zero-order chi connectivity index (χ0) is 7.52. The fourth-order valence-electron chi connectivity index (χ4n) is 0.870. The van der Waals surface area contributed by atoms with E-state index in [9.17, 15) is 0 Å². The van der Waals surface area contributed by atoms with Crippen molar-refractivity contribution in [3.8, 4) is 5.69 Å². The van der Waals surface area contributed by atoms with Crippen molar-refractivity contribution < 1.29 is 0 Å². The maximum atomic E-state index is 3.69. The number of benzene rings is 1. The van der Waals surface area contributed by atoms with Crippen molar-refractivity contribution in [2.24, 2.45) is 0 Å². The maximum Gasteiger partial charge on any atom is 0.123 e. The van der Waals surface area contributed by atoms with Gasteiger partial charge in [-0.1, -0.05) is 18.2 Å². The van der Waals surface area contributed by atoms with Crippen LogP contribution in [0.25, 0.3) is 5.69 Å². The molecule has 1 aromatic carbocycles. The minimum absolute atomic E-state index is 0.956. The lowest BCUT2D eigenvalue weighted by Crippen LogP contribution is -1.87. The molecule has 2 rings (SSSR count). The first-order valence-electron chi connectivity index (χ1n) is 3.28. The Morgan fingerprint density at radius 3 is 2.64 bits per heavy atom. The van der Waals surface area contributed by atoms with Crippen LogP contribution < -0.4 is 0 Å². The molecule has 3 nitrogen and oxygen atoms in total. The van der Waals surface area contributed by atoms with Gasteiger partial charge in [-0.2, -0.15) is 0 Å². The molecule has 0 aliphatic heterocycles. The van der Waals surface area contributed by atoms with Gasteiger partial charge in [-0.05, 0) is 6.07 Å². The second-order valence-corrected chi connectivity index (χ2v) is 2.12. The van der Waals surface area contributed by atoms with E-state index in [1.807, 2.05) is 24.3 Å². The second kappa shape index (κ2) is 2.54. The molecule has 11 heavy (non-hydrogen) atoms. The van der Waals surface area contributed by atoms with Gasteiger partial charge >= 0.3 is 0 Å². The fourth-order valence-corrected chi connectivity index (χ4v) is 0.870. The maximum absolute atomic E-state index is 3.69. The molecule has 0 aliphatic rings. The molecule has 0 N–H and O–H groups in total. The topological polar surface area (TPSA) is 30.7 Å². The summed E-state index contributed by atoms with van der Waals surface area (Å²) in [6.07, 6.45) is 3.29. The van der Waals surface area contributed by atoms with Gasteiger partial charge in [-0.3, -0.25) is 4.57 Å². The highest BCUT2D eigenvalue weighted by molar-refractivity contribution is 5.28. The van der Waals surface area contributed by atoms with Crippen LogP contribution in [-0.2, 0) is 0 Å². The molecule has 0 fully saturated rings. The highest BCUT2D eigenvalue weighted by Gasteiger charge is 1.91. The normalized spacial score (nSPS) is 9.82. The van der Waals surface area contributed by atoms with E-state index in [0.717, 1.165) is 5.69 Å². The van der Waals surface area contributed by atoms with Crippen LogP contribution in [0.5, 0.6) is 0 Å². The van der Waals surface area contributed by atoms with Crippen molar-refractivity contribution in [1.29, 1.82) is 0 Å². The fraction of sp³-hybridized carbons (Fsp3) is 0. The van der Waals surface area contributed by atoms with Crippen LogP contribution in [0.1, 0.15) is 0 Å². The van der Waals surface area contributed by atoms with Gasteiger partial charge in [0.25, 0.3) is 0 Å². The van der Waals surface area contributed by atoms with Gasteiger partial charge in [0.05, 0.1) is 5.69 Å². The van der Waals surface area contributed by atoms with Gasteiger partial charge in [-0.15, -0.1) is 10.2 Å². The lowest BCUT2D eigenvalue weighted by atomic mass is 10.3. The van der Waals surface area contributed by atoms with E-state index in [4.69, 9.17) is 0 Å². The molecule has 0 bridgehead atoms. The molecule has 0 saturated carbocycles. The molecular formula is C8H6N3. The summed E-state index contributed by atoms with van der Waals surface area (Å²) >= 11 is 0. The summed E-state index contributed by atoms with van der Waals surface area (Å²) in [6.45, 7) is 0. The Morgan fingerprint density at radius 2 is 2.00 bits per heavy atom. The summed E-state index contributed by atoms with van der Waals surface area (Å²) in [7, 11) is 0. The lowest BCUT2D eigenvalue weighted by Gasteiger charge is -1.96. The quantitative estimate of drug-likeness (QED) is 0.599. The molecular weight excluding hydrogens is 138 g/mol. The number of para-hydroxylation sites is 1. The summed E-state index contributed by atoms with van der Waals surface area (Å²) in [5, 5.41) is 7.38. The molecule has 1 radical (unpaired) electrons. The van der Waals surface area contributed by atoms with Gasteiger partial charge in [0.15, 0.2) is 0 Å². The lowest BCUT2D eigenvalue weighted by molar-refractivity contribution is 1.05. The molecule has 2 aromatic rings. The first kappa shape index (κ1) is 6.09. The van der Waals surface area contributed by atoms with Crippen LogP contribution in [0.2, 0.25) is 0 Å². The Hall–Kier alpha value is -1.64. The standard InChI is InChI=1S/C8H6N3/c1-2-4-8(5-3-1)11-6-9-10-7-11/h1-4,6-7H. The zero-order valence-corrected chi connectivity index (χ0v) is 5.81. The van der Waals surface area contributed by atoms with Gasteiger partial charge in [-0.25, -0.2) is 0 Å². The summed E-state index contributed by atoms with van der Waals surface area (Å²) in [5.41, 5.74) is 0.956. The van der Waals surface area contributed by atoms with Crippen LogP contribution in [0.4, 0.5) is 0 Å². The molecule has 1 heterocycles. The predicted octanol–water partition coefficient (Wildman–Crippen LogP) is 1.07.